The van der Waals surface area contributed by atoms with Crippen LogP contribution in [0.3, 0.4) is 0 Å². The highest BCUT2D eigenvalue weighted by Crippen LogP contribution is 2.27. The molecule has 16 heavy (non-hydrogen) atoms. The van der Waals surface area contributed by atoms with Crippen molar-refractivity contribution in [2.75, 3.05) is 26.3 Å². The van der Waals surface area contributed by atoms with Crippen molar-refractivity contribution in [1.82, 2.24) is 5.32 Å². The van der Waals surface area contributed by atoms with Gasteiger partial charge in [-0.25, -0.2) is 0 Å². The van der Waals surface area contributed by atoms with E-state index in [1.54, 1.807) is 0 Å². The largest absolute Gasteiger partial charge is 0.389 e. The van der Waals surface area contributed by atoms with E-state index < -0.39 is 11.2 Å². The third-order valence-electron chi connectivity index (χ3n) is 3.77. The Morgan fingerprint density at radius 3 is 2.25 bits per heavy atom. The molecule has 0 aromatic heterocycles. The van der Waals surface area contributed by atoms with E-state index in [4.69, 9.17) is 4.74 Å². The number of rotatable bonds is 4. The van der Waals surface area contributed by atoms with Gasteiger partial charge in [0.05, 0.1) is 12.2 Å². The molecule has 0 bridgehead atoms. The molecule has 2 rings (SSSR count). The number of aliphatic hydroxyl groups is 2. The fourth-order valence-corrected chi connectivity index (χ4v) is 2.65. The van der Waals surface area contributed by atoms with Gasteiger partial charge in [-0.15, -0.1) is 0 Å². The van der Waals surface area contributed by atoms with E-state index in [1.165, 1.54) is 6.42 Å². The number of hydrogen-bond donors (Lipinski definition) is 3. The molecule has 1 saturated carbocycles. The van der Waals surface area contributed by atoms with Crippen LogP contribution in [0.2, 0.25) is 0 Å². The molecule has 0 aromatic rings. The van der Waals surface area contributed by atoms with Crippen LogP contribution in [-0.2, 0) is 4.74 Å². The predicted octanol–water partition coefficient (Wildman–Crippen LogP) is 0.423. The van der Waals surface area contributed by atoms with Crippen LogP contribution in [0.4, 0.5) is 0 Å². The van der Waals surface area contributed by atoms with E-state index >= 15 is 0 Å². The zero-order valence-electron chi connectivity index (χ0n) is 9.87. The van der Waals surface area contributed by atoms with Gasteiger partial charge >= 0.3 is 0 Å². The second-order valence-electron chi connectivity index (χ2n) is 5.42. The lowest BCUT2D eigenvalue weighted by molar-refractivity contribution is -0.00903. The standard InChI is InChI=1S/C12H23NO3/c14-11(4-2-1-3-5-11)8-13-9-12(15)6-7-16-10-12/h13-15H,1-10H2. The Kier molecular flexibility index (Phi) is 3.85. The molecule has 1 aliphatic carbocycles. The maximum absolute atomic E-state index is 10.3. The molecule has 2 aliphatic rings. The van der Waals surface area contributed by atoms with Gasteiger partial charge in [0.25, 0.3) is 0 Å². The van der Waals surface area contributed by atoms with Crippen molar-refractivity contribution < 1.29 is 14.9 Å². The van der Waals surface area contributed by atoms with E-state index in [1.807, 2.05) is 0 Å². The third kappa shape index (κ3) is 3.17. The third-order valence-corrected chi connectivity index (χ3v) is 3.77. The topological polar surface area (TPSA) is 61.7 Å². The normalized spacial score (nSPS) is 34.1. The van der Waals surface area contributed by atoms with Gasteiger partial charge in [0.15, 0.2) is 0 Å². The van der Waals surface area contributed by atoms with Crippen molar-refractivity contribution in [2.24, 2.45) is 0 Å². The molecular weight excluding hydrogens is 206 g/mol. The Hall–Kier alpha value is -0.160. The van der Waals surface area contributed by atoms with Crippen LogP contribution < -0.4 is 5.32 Å². The van der Waals surface area contributed by atoms with E-state index in [0.717, 1.165) is 25.7 Å². The van der Waals surface area contributed by atoms with Crippen LogP contribution in [0, 0.1) is 0 Å². The highest BCUT2D eigenvalue weighted by molar-refractivity contribution is 4.89. The van der Waals surface area contributed by atoms with Gasteiger partial charge in [0.2, 0.25) is 0 Å². The van der Waals surface area contributed by atoms with Gasteiger partial charge in [-0.05, 0) is 12.8 Å². The van der Waals surface area contributed by atoms with Crippen LogP contribution >= 0.6 is 0 Å². The molecule has 0 spiro atoms. The molecule has 3 N–H and O–H groups in total. The summed E-state index contributed by atoms with van der Waals surface area (Å²) in [5.74, 6) is 0. The summed E-state index contributed by atoms with van der Waals surface area (Å²) in [6.07, 6.45) is 5.93. The van der Waals surface area contributed by atoms with Crippen molar-refractivity contribution >= 4 is 0 Å². The second kappa shape index (κ2) is 5.00. The molecule has 1 atom stereocenters. The lowest BCUT2D eigenvalue weighted by atomic mass is 9.85. The monoisotopic (exact) mass is 229 g/mol. The molecule has 1 unspecified atom stereocenters. The molecule has 2 fully saturated rings. The maximum atomic E-state index is 10.3. The van der Waals surface area contributed by atoms with E-state index in [0.29, 0.717) is 32.7 Å². The van der Waals surface area contributed by atoms with Crippen LogP contribution in [0.5, 0.6) is 0 Å². The summed E-state index contributed by atoms with van der Waals surface area (Å²) in [5, 5.41) is 23.5. The first-order chi connectivity index (χ1) is 7.62. The molecule has 4 heteroatoms. The van der Waals surface area contributed by atoms with E-state index in [9.17, 15) is 10.2 Å². The molecule has 1 saturated heterocycles. The van der Waals surface area contributed by atoms with Gasteiger partial charge in [-0.1, -0.05) is 19.3 Å². The average molecular weight is 229 g/mol. The number of ether oxygens (including phenoxy) is 1. The fraction of sp³-hybridized carbons (Fsp3) is 1.00. The first-order valence-corrected chi connectivity index (χ1v) is 6.35. The maximum Gasteiger partial charge on any atom is 0.102 e. The Morgan fingerprint density at radius 2 is 1.62 bits per heavy atom. The van der Waals surface area contributed by atoms with Gasteiger partial charge in [0, 0.05) is 26.1 Å². The number of nitrogens with one attached hydrogen (secondary N) is 1. The van der Waals surface area contributed by atoms with Crippen molar-refractivity contribution in [3.63, 3.8) is 0 Å². The zero-order valence-corrected chi connectivity index (χ0v) is 9.87. The molecule has 1 heterocycles. The van der Waals surface area contributed by atoms with Gasteiger partial charge in [0.1, 0.15) is 5.60 Å². The van der Waals surface area contributed by atoms with Crippen molar-refractivity contribution in [3.8, 4) is 0 Å². The molecule has 4 nitrogen and oxygen atoms in total. The smallest absolute Gasteiger partial charge is 0.102 e. The van der Waals surface area contributed by atoms with Gasteiger partial charge in [-0.2, -0.15) is 0 Å². The Balaban J connectivity index is 1.70. The van der Waals surface area contributed by atoms with Crippen LogP contribution in [0.1, 0.15) is 38.5 Å². The van der Waals surface area contributed by atoms with Crippen LogP contribution in [0.25, 0.3) is 0 Å². The highest BCUT2D eigenvalue weighted by atomic mass is 16.5. The summed E-state index contributed by atoms with van der Waals surface area (Å²) in [5.41, 5.74) is -1.26. The van der Waals surface area contributed by atoms with Crippen molar-refractivity contribution in [3.05, 3.63) is 0 Å². The summed E-state index contributed by atoms with van der Waals surface area (Å²) in [6, 6.07) is 0. The van der Waals surface area contributed by atoms with Crippen LogP contribution in [-0.4, -0.2) is 47.7 Å². The molecule has 0 aromatic carbocycles. The Morgan fingerprint density at radius 1 is 0.938 bits per heavy atom. The summed E-state index contributed by atoms with van der Waals surface area (Å²) < 4.78 is 5.18. The average Bonchev–Trinajstić information content (AvgIpc) is 2.66. The highest BCUT2D eigenvalue weighted by Gasteiger charge is 2.34. The van der Waals surface area contributed by atoms with Crippen molar-refractivity contribution in [2.45, 2.75) is 49.7 Å². The lowest BCUT2D eigenvalue weighted by Crippen LogP contribution is -2.48. The molecular formula is C12H23NO3. The SMILES string of the molecule is OC1(CNCC2(O)CCOC2)CCCCC1. The molecule has 0 amide bonds. The minimum Gasteiger partial charge on any atom is -0.389 e. The van der Waals surface area contributed by atoms with E-state index in [-0.39, 0.29) is 0 Å². The Bertz CT molecular complexity index is 220. The predicted molar refractivity (Wildman–Crippen MR) is 61.3 cm³/mol. The molecule has 1 aliphatic heterocycles. The minimum absolute atomic E-state index is 0.415. The summed E-state index contributed by atoms with van der Waals surface area (Å²) in [4.78, 5) is 0. The first kappa shape index (κ1) is 12.3. The second-order valence-corrected chi connectivity index (χ2v) is 5.42. The lowest BCUT2D eigenvalue weighted by Gasteiger charge is -2.33. The van der Waals surface area contributed by atoms with Crippen LogP contribution in [0.15, 0.2) is 0 Å². The fourth-order valence-electron chi connectivity index (χ4n) is 2.65. The van der Waals surface area contributed by atoms with Gasteiger partial charge in [-0.3, -0.25) is 0 Å². The van der Waals surface area contributed by atoms with Crippen molar-refractivity contribution in [1.29, 1.82) is 0 Å². The minimum atomic E-state index is -0.717. The summed E-state index contributed by atoms with van der Waals surface area (Å²) in [6.45, 7) is 2.17. The quantitative estimate of drug-likeness (QED) is 0.654. The van der Waals surface area contributed by atoms with E-state index in [2.05, 4.69) is 5.32 Å². The number of hydrogen-bond acceptors (Lipinski definition) is 4. The summed E-state index contributed by atoms with van der Waals surface area (Å²) >= 11 is 0. The first-order valence-electron chi connectivity index (χ1n) is 6.35. The van der Waals surface area contributed by atoms with Gasteiger partial charge < -0.3 is 20.3 Å². The zero-order chi connectivity index (χ0) is 11.5. The summed E-state index contributed by atoms with van der Waals surface area (Å²) in [7, 11) is 0. The molecule has 94 valence electrons. The molecule has 0 radical (unpaired) electrons. The Labute approximate surface area is 97.0 Å².